The lowest BCUT2D eigenvalue weighted by Gasteiger charge is -2.10. The number of aromatic nitrogens is 2. The van der Waals surface area contributed by atoms with Crippen molar-refractivity contribution in [3.05, 3.63) is 42.2 Å². The van der Waals surface area contributed by atoms with Gasteiger partial charge in [0.05, 0.1) is 7.11 Å². The van der Waals surface area contributed by atoms with Crippen LogP contribution in [0, 0.1) is 5.92 Å². The molecule has 0 aliphatic heterocycles. The topological polar surface area (TPSA) is 59.1 Å². The van der Waals surface area contributed by atoms with Crippen molar-refractivity contribution in [3.63, 3.8) is 0 Å². The second-order valence-corrected chi connectivity index (χ2v) is 5.92. The Bertz CT molecular complexity index is 584. The van der Waals surface area contributed by atoms with Crippen LogP contribution in [0.25, 0.3) is 0 Å². The molecule has 0 aliphatic carbocycles. The van der Waals surface area contributed by atoms with Gasteiger partial charge in [-0.2, -0.15) is 0 Å². The number of rotatable bonds is 9. The van der Waals surface area contributed by atoms with Crippen molar-refractivity contribution in [1.29, 1.82) is 0 Å². The molecule has 2 aromatic rings. The summed E-state index contributed by atoms with van der Waals surface area (Å²) in [6.45, 7) is 6.19. The lowest BCUT2D eigenvalue weighted by Crippen LogP contribution is -2.09. The SMILES string of the molecule is COc1ccc(CCNc2cc(NCCC(C)C)ncn2)cc1. The van der Waals surface area contributed by atoms with Crippen LogP contribution in [-0.2, 0) is 6.42 Å². The summed E-state index contributed by atoms with van der Waals surface area (Å²) < 4.78 is 5.16. The second-order valence-electron chi connectivity index (χ2n) is 5.92. The zero-order valence-corrected chi connectivity index (χ0v) is 14.2. The maximum Gasteiger partial charge on any atom is 0.131 e. The summed E-state index contributed by atoms with van der Waals surface area (Å²) in [5.41, 5.74) is 1.27. The van der Waals surface area contributed by atoms with Crippen molar-refractivity contribution in [3.8, 4) is 5.75 Å². The number of nitrogens with one attached hydrogen (secondary N) is 2. The Labute approximate surface area is 138 Å². The van der Waals surface area contributed by atoms with E-state index < -0.39 is 0 Å². The number of benzene rings is 1. The van der Waals surface area contributed by atoms with E-state index in [1.54, 1.807) is 13.4 Å². The highest BCUT2D eigenvalue weighted by atomic mass is 16.5. The van der Waals surface area contributed by atoms with E-state index in [0.29, 0.717) is 5.92 Å². The number of hydrogen-bond donors (Lipinski definition) is 2. The molecule has 0 unspecified atom stereocenters. The maximum absolute atomic E-state index is 5.16. The molecular weight excluding hydrogens is 288 g/mol. The van der Waals surface area contributed by atoms with Crippen LogP contribution in [0.2, 0.25) is 0 Å². The maximum atomic E-state index is 5.16. The predicted octanol–water partition coefficient (Wildman–Crippen LogP) is 3.60. The normalized spacial score (nSPS) is 10.6. The fraction of sp³-hybridized carbons (Fsp3) is 0.444. The van der Waals surface area contributed by atoms with Gasteiger partial charge in [0, 0.05) is 19.2 Å². The van der Waals surface area contributed by atoms with E-state index >= 15 is 0 Å². The summed E-state index contributed by atoms with van der Waals surface area (Å²) in [5.74, 6) is 3.29. The third kappa shape index (κ3) is 6.14. The van der Waals surface area contributed by atoms with E-state index in [4.69, 9.17) is 4.74 Å². The Balaban J connectivity index is 1.78. The van der Waals surface area contributed by atoms with E-state index in [-0.39, 0.29) is 0 Å². The Morgan fingerprint density at radius 2 is 1.65 bits per heavy atom. The zero-order valence-electron chi connectivity index (χ0n) is 14.2. The Kier molecular flexibility index (Phi) is 6.66. The smallest absolute Gasteiger partial charge is 0.131 e. The van der Waals surface area contributed by atoms with Gasteiger partial charge in [-0.05, 0) is 36.5 Å². The minimum absolute atomic E-state index is 0.687. The molecule has 0 saturated heterocycles. The van der Waals surface area contributed by atoms with E-state index in [1.807, 2.05) is 18.2 Å². The van der Waals surface area contributed by atoms with Crippen molar-refractivity contribution in [2.75, 3.05) is 30.8 Å². The molecule has 1 aromatic carbocycles. The summed E-state index contributed by atoms with van der Waals surface area (Å²) in [7, 11) is 1.68. The van der Waals surface area contributed by atoms with Crippen LogP contribution < -0.4 is 15.4 Å². The third-order valence-electron chi connectivity index (χ3n) is 3.57. The molecule has 2 rings (SSSR count). The van der Waals surface area contributed by atoms with Crippen LogP contribution in [0.15, 0.2) is 36.7 Å². The fourth-order valence-corrected chi connectivity index (χ4v) is 2.17. The van der Waals surface area contributed by atoms with Gasteiger partial charge < -0.3 is 15.4 Å². The first-order chi connectivity index (χ1) is 11.2. The zero-order chi connectivity index (χ0) is 16.5. The largest absolute Gasteiger partial charge is 0.497 e. The molecule has 0 spiro atoms. The number of ether oxygens (including phenoxy) is 1. The van der Waals surface area contributed by atoms with Crippen LogP contribution in [0.1, 0.15) is 25.8 Å². The van der Waals surface area contributed by atoms with Gasteiger partial charge in [-0.1, -0.05) is 26.0 Å². The highest BCUT2D eigenvalue weighted by Crippen LogP contribution is 2.13. The van der Waals surface area contributed by atoms with Gasteiger partial charge in [-0.25, -0.2) is 9.97 Å². The van der Waals surface area contributed by atoms with Crippen molar-refractivity contribution >= 4 is 11.6 Å². The van der Waals surface area contributed by atoms with Gasteiger partial charge in [0.25, 0.3) is 0 Å². The molecule has 23 heavy (non-hydrogen) atoms. The van der Waals surface area contributed by atoms with Crippen molar-refractivity contribution in [1.82, 2.24) is 9.97 Å². The molecule has 0 radical (unpaired) electrons. The van der Waals surface area contributed by atoms with E-state index in [2.05, 4.69) is 46.6 Å². The Hall–Kier alpha value is -2.30. The molecule has 5 heteroatoms. The van der Waals surface area contributed by atoms with Gasteiger partial charge in [-0.3, -0.25) is 0 Å². The molecule has 0 amide bonds. The molecule has 2 N–H and O–H groups in total. The van der Waals surface area contributed by atoms with Crippen molar-refractivity contribution in [2.24, 2.45) is 5.92 Å². The number of methoxy groups -OCH3 is 1. The molecule has 124 valence electrons. The van der Waals surface area contributed by atoms with E-state index in [1.165, 1.54) is 5.56 Å². The van der Waals surface area contributed by atoms with Gasteiger partial charge in [0.15, 0.2) is 0 Å². The highest BCUT2D eigenvalue weighted by molar-refractivity contribution is 5.46. The summed E-state index contributed by atoms with van der Waals surface area (Å²) in [6.07, 6.45) is 3.65. The molecule has 1 heterocycles. The predicted molar refractivity (Wildman–Crippen MR) is 95.2 cm³/mol. The molecule has 0 atom stereocenters. The molecular formula is C18H26N4O. The monoisotopic (exact) mass is 314 g/mol. The first-order valence-electron chi connectivity index (χ1n) is 8.10. The second kappa shape index (κ2) is 8.98. The summed E-state index contributed by atoms with van der Waals surface area (Å²) in [5, 5.41) is 6.67. The minimum atomic E-state index is 0.687. The number of nitrogens with zero attached hydrogens (tertiary/aromatic N) is 2. The Morgan fingerprint density at radius 1 is 1.00 bits per heavy atom. The number of hydrogen-bond acceptors (Lipinski definition) is 5. The van der Waals surface area contributed by atoms with Gasteiger partial charge >= 0.3 is 0 Å². The molecule has 0 bridgehead atoms. The van der Waals surface area contributed by atoms with Crippen LogP contribution >= 0.6 is 0 Å². The lowest BCUT2D eigenvalue weighted by atomic mass is 10.1. The van der Waals surface area contributed by atoms with E-state index in [0.717, 1.165) is 43.3 Å². The molecule has 5 nitrogen and oxygen atoms in total. The average Bonchev–Trinajstić information content (AvgIpc) is 2.56. The highest BCUT2D eigenvalue weighted by Gasteiger charge is 2.00. The lowest BCUT2D eigenvalue weighted by molar-refractivity contribution is 0.414. The van der Waals surface area contributed by atoms with E-state index in [9.17, 15) is 0 Å². The first-order valence-corrected chi connectivity index (χ1v) is 8.10. The molecule has 0 aliphatic rings. The summed E-state index contributed by atoms with van der Waals surface area (Å²) in [4.78, 5) is 8.50. The minimum Gasteiger partial charge on any atom is -0.497 e. The molecule has 0 fully saturated rings. The third-order valence-corrected chi connectivity index (χ3v) is 3.57. The van der Waals surface area contributed by atoms with Crippen LogP contribution in [-0.4, -0.2) is 30.2 Å². The van der Waals surface area contributed by atoms with Crippen LogP contribution in [0.4, 0.5) is 11.6 Å². The standard InChI is InChI=1S/C18H26N4O/c1-14(2)8-10-19-17-12-18(22-13-21-17)20-11-9-15-4-6-16(23-3)7-5-15/h4-7,12-14H,8-11H2,1-3H3,(H2,19,20,21,22). The number of anilines is 2. The molecule has 1 aromatic heterocycles. The first kappa shape index (κ1) is 17.1. The van der Waals surface area contributed by atoms with Crippen molar-refractivity contribution < 1.29 is 4.74 Å². The summed E-state index contributed by atoms with van der Waals surface area (Å²) >= 11 is 0. The average molecular weight is 314 g/mol. The van der Waals surface area contributed by atoms with Crippen LogP contribution in [0.5, 0.6) is 5.75 Å². The van der Waals surface area contributed by atoms with Gasteiger partial charge in [0.1, 0.15) is 23.7 Å². The fourth-order valence-electron chi connectivity index (χ4n) is 2.17. The summed E-state index contributed by atoms with van der Waals surface area (Å²) in [6, 6.07) is 10.1. The quantitative estimate of drug-likeness (QED) is 0.740. The van der Waals surface area contributed by atoms with Gasteiger partial charge in [0.2, 0.25) is 0 Å². The molecule has 0 saturated carbocycles. The Morgan fingerprint density at radius 3 is 2.26 bits per heavy atom. The van der Waals surface area contributed by atoms with Gasteiger partial charge in [-0.15, -0.1) is 0 Å². The van der Waals surface area contributed by atoms with Crippen LogP contribution in [0.3, 0.4) is 0 Å². The van der Waals surface area contributed by atoms with Crippen molar-refractivity contribution in [2.45, 2.75) is 26.7 Å².